The molecule has 2 aromatic carbocycles. The Kier molecular flexibility index (Phi) is 20.0. The summed E-state index contributed by atoms with van der Waals surface area (Å²) in [6.45, 7) is 17.3. The average Bonchev–Trinajstić information content (AvgIpc) is 2.87. The fourth-order valence-corrected chi connectivity index (χ4v) is 2.67. The molecule has 0 spiro atoms. The van der Waals surface area contributed by atoms with Crippen LogP contribution in [-0.4, -0.2) is 46.6 Å². The van der Waals surface area contributed by atoms with Gasteiger partial charge in [-0.1, -0.05) is 49.6 Å². The fourth-order valence-electron chi connectivity index (χ4n) is 2.67. The second-order valence-corrected chi connectivity index (χ2v) is 7.60. The highest BCUT2D eigenvalue weighted by molar-refractivity contribution is 5.68. The van der Waals surface area contributed by atoms with Crippen LogP contribution >= 0.6 is 0 Å². The van der Waals surface area contributed by atoms with Crippen LogP contribution < -0.4 is 32.1 Å². The average molecular weight is 480 g/mol. The maximum absolute atomic E-state index is 3.74. The molecule has 0 amide bonds. The first-order chi connectivity index (χ1) is 17.0. The normalized spacial score (nSPS) is 10.0. The van der Waals surface area contributed by atoms with Gasteiger partial charge in [-0.2, -0.15) is 0 Å². The van der Waals surface area contributed by atoms with Crippen molar-refractivity contribution in [3.8, 4) is 0 Å². The number of allylic oxidation sites excluding steroid dienone is 3. The van der Waals surface area contributed by atoms with Crippen LogP contribution in [0.25, 0.3) is 0 Å². The van der Waals surface area contributed by atoms with E-state index in [9.17, 15) is 0 Å². The number of hydrogen-bond acceptors (Lipinski definition) is 7. The molecule has 7 nitrogen and oxygen atoms in total. The van der Waals surface area contributed by atoms with E-state index in [0.717, 1.165) is 42.3 Å². The van der Waals surface area contributed by atoms with Crippen molar-refractivity contribution >= 4 is 23.8 Å². The number of anilines is 3. The van der Waals surface area contributed by atoms with Crippen LogP contribution in [0.4, 0.5) is 17.1 Å². The molecule has 0 aliphatic carbocycles. The molecule has 0 bridgehead atoms. The number of hydrazine groups is 1. The van der Waals surface area contributed by atoms with Gasteiger partial charge in [0.25, 0.3) is 0 Å². The van der Waals surface area contributed by atoms with Crippen LogP contribution in [0.2, 0.25) is 0 Å². The lowest BCUT2D eigenvalue weighted by Crippen LogP contribution is -2.31. The quantitative estimate of drug-likeness (QED) is 0.0730. The monoisotopic (exact) mass is 479 g/mol. The topological polar surface area (TPSA) is 84.5 Å². The Morgan fingerprint density at radius 1 is 0.971 bits per heavy atom. The lowest BCUT2D eigenvalue weighted by atomic mass is 10.2. The molecule has 35 heavy (non-hydrogen) atoms. The molecule has 7 heteroatoms. The lowest BCUT2D eigenvalue weighted by Gasteiger charge is -2.16. The van der Waals surface area contributed by atoms with Crippen molar-refractivity contribution in [3.05, 3.63) is 91.7 Å². The van der Waals surface area contributed by atoms with Gasteiger partial charge in [-0.05, 0) is 69.9 Å². The van der Waals surface area contributed by atoms with Gasteiger partial charge in [0.05, 0.1) is 18.0 Å². The molecule has 0 unspecified atom stereocenters. The first-order valence-electron chi connectivity index (χ1n) is 11.8. The van der Waals surface area contributed by atoms with E-state index in [1.807, 2.05) is 55.6 Å². The number of para-hydroxylation sites is 3. The zero-order chi connectivity index (χ0) is 26.2. The Morgan fingerprint density at radius 2 is 1.60 bits per heavy atom. The predicted molar refractivity (Wildman–Crippen MR) is 157 cm³/mol. The molecule has 0 saturated carbocycles. The summed E-state index contributed by atoms with van der Waals surface area (Å²) in [7, 11) is 3.55. The second kappa shape index (κ2) is 22.3. The molecule has 2 aromatic rings. The maximum atomic E-state index is 3.74. The number of nitrogens with zero attached hydrogens (tertiary/aromatic N) is 1. The number of hydrogen-bond donors (Lipinski definition) is 6. The minimum absolute atomic E-state index is 0.403. The standard InChI is InChI=1S/C19H31N5.C7H9N.C2H5N/c1-5-10-17(6-2)21-15-20-13-9-14-22-24-19-12-8-7-11-18(19)23-16(3)4;1-8-7-5-3-2-4-6-7;1-3-2/h5-8,10-12,16,20-24H,1-2,9,13-15H2,3-4H3;2-6,8H,1H3;1H2,2H3/b17-10+;;. The van der Waals surface area contributed by atoms with Crippen molar-refractivity contribution < 1.29 is 0 Å². The molecule has 0 fully saturated rings. The van der Waals surface area contributed by atoms with Crippen LogP contribution in [0.1, 0.15) is 20.3 Å². The fraction of sp³-hybridized carbons (Fsp3) is 0.321. The van der Waals surface area contributed by atoms with Crippen molar-refractivity contribution in [2.75, 3.05) is 49.9 Å². The predicted octanol–water partition coefficient (Wildman–Crippen LogP) is 5.25. The smallest absolute Gasteiger partial charge is 0.0720 e. The van der Waals surface area contributed by atoms with E-state index in [1.165, 1.54) is 0 Å². The van der Waals surface area contributed by atoms with Gasteiger partial charge in [0, 0.05) is 38.1 Å². The molecule has 0 aromatic heterocycles. The molecule has 2 rings (SSSR count). The molecular weight excluding hydrogens is 434 g/mol. The van der Waals surface area contributed by atoms with Gasteiger partial charge in [0.1, 0.15) is 0 Å². The third-order valence-corrected chi connectivity index (χ3v) is 4.25. The van der Waals surface area contributed by atoms with Crippen LogP contribution in [0.5, 0.6) is 0 Å². The molecule has 0 aliphatic rings. The van der Waals surface area contributed by atoms with E-state index in [-0.39, 0.29) is 0 Å². The lowest BCUT2D eigenvalue weighted by molar-refractivity contribution is 0.597. The van der Waals surface area contributed by atoms with E-state index in [2.05, 4.69) is 83.0 Å². The third-order valence-electron chi connectivity index (χ3n) is 4.25. The Bertz CT molecular complexity index is 832. The van der Waals surface area contributed by atoms with Crippen LogP contribution in [0.3, 0.4) is 0 Å². The van der Waals surface area contributed by atoms with Gasteiger partial charge in [-0.3, -0.25) is 0 Å². The molecule has 0 saturated heterocycles. The highest BCUT2D eigenvalue weighted by Crippen LogP contribution is 2.20. The maximum Gasteiger partial charge on any atom is 0.0720 e. The van der Waals surface area contributed by atoms with E-state index >= 15 is 0 Å². The third kappa shape index (κ3) is 17.6. The molecular formula is C28H45N7. The Morgan fingerprint density at radius 3 is 2.14 bits per heavy atom. The van der Waals surface area contributed by atoms with E-state index in [4.69, 9.17) is 0 Å². The summed E-state index contributed by atoms with van der Waals surface area (Å²) in [4.78, 5) is 3.25. The van der Waals surface area contributed by atoms with Crippen molar-refractivity contribution in [2.45, 2.75) is 26.3 Å². The largest absolute Gasteiger partial charge is 0.388 e. The van der Waals surface area contributed by atoms with Gasteiger partial charge >= 0.3 is 0 Å². The van der Waals surface area contributed by atoms with E-state index in [1.54, 1.807) is 19.2 Å². The van der Waals surface area contributed by atoms with Crippen molar-refractivity contribution in [3.63, 3.8) is 0 Å². The molecule has 0 aliphatic heterocycles. The molecule has 0 radical (unpaired) electrons. The second-order valence-electron chi connectivity index (χ2n) is 7.60. The summed E-state index contributed by atoms with van der Waals surface area (Å²) in [5.74, 6) is 0. The number of benzene rings is 2. The van der Waals surface area contributed by atoms with Crippen molar-refractivity contribution in [1.29, 1.82) is 0 Å². The zero-order valence-corrected chi connectivity index (χ0v) is 21.9. The summed E-state index contributed by atoms with van der Waals surface area (Å²) >= 11 is 0. The van der Waals surface area contributed by atoms with Gasteiger partial charge in [0.2, 0.25) is 0 Å². The molecule has 0 atom stereocenters. The highest BCUT2D eigenvalue weighted by atomic mass is 15.4. The van der Waals surface area contributed by atoms with Crippen molar-refractivity contribution in [2.24, 2.45) is 4.99 Å². The first kappa shape index (κ1) is 31.4. The highest BCUT2D eigenvalue weighted by Gasteiger charge is 2.01. The van der Waals surface area contributed by atoms with E-state index in [0.29, 0.717) is 12.7 Å². The van der Waals surface area contributed by atoms with Crippen LogP contribution in [-0.2, 0) is 0 Å². The van der Waals surface area contributed by atoms with Gasteiger partial charge in [0.15, 0.2) is 0 Å². The molecule has 0 heterocycles. The minimum Gasteiger partial charge on any atom is -0.388 e. The Hall–Kier alpha value is -3.55. The van der Waals surface area contributed by atoms with Gasteiger partial charge < -0.3 is 31.7 Å². The van der Waals surface area contributed by atoms with E-state index < -0.39 is 0 Å². The van der Waals surface area contributed by atoms with Crippen LogP contribution in [0.15, 0.2) is 96.7 Å². The zero-order valence-electron chi connectivity index (χ0n) is 21.9. The summed E-state index contributed by atoms with van der Waals surface area (Å²) in [5, 5.41) is 13.0. The SMILES string of the molecule is C=C/C=C(\C=C)NCNCCCNNc1ccccc1NC(C)C.C=NC.CNc1ccccc1. The Labute approximate surface area is 212 Å². The number of nitrogens with one attached hydrogen (secondary N) is 6. The summed E-state index contributed by atoms with van der Waals surface area (Å²) in [6, 6.07) is 18.7. The Balaban J connectivity index is 0.000000864. The number of aliphatic imine (C=N–C) groups is 1. The van der Waals surface area contributed by atoms with Gasteiger partial charge in [-0.25, -0.2) is 5.43 Å². The van der Waals surface area contributed by atoms with Gasteiger partial charge in [-0.15, -0.1) is 0 Å². The summed E-state index contributed by atoms with van der Waals surface area (Å²) in [5.41, 5.74) is 10.8. The van der Waals surface area contributed by atoms with Crippen LogP contribution in [0, 0.1) is 0 Å². The first-order valence-corrected chi connectivity index (χ1v) is 11.8. The minimum atomic E-state index is 0.403. The van der Waals surface area contributed by atoms with Crippen molar-refractivity contribution in [1.82, 2.24) is 16.1 Å². The number of rotatable bonds is 14. The summed E-state index contributed by atoms with van der Waals surface area (Å²) in [6.07, 6.45) is 6.43. The molecule has 6 N–H and O–H groups in total. The molecule has 192 valence electrons. The summed E-state index contributed by atoms with van der Waals surface area (Å²) < 4.78 is 0.